The van der Waals surface area contributed by atoms with Crippen molar-refractivity contribution in [1.29, 1.82) is 0 Å². The summed E-state index contributed by atoms with van der Waals surface area (Å²) in [7, 11) is 0. The van der Waals surface area contributed by atoms with Crippen LogP contribution >= 0.6 is 11.6 Å². The van der Waals surface area contributed by atoms with E-state index in [0.29, 0.717) is 27.2 Å². The average molecular weight is 418 g/mol. The number of hydrogen-bond donors (Lipinski definition) is 1. The second-order valence-electron chi connectivity index (χ2n) is 7.80. The highest BCUT2D eigenvalue weighted by molar-refractivity contribution is 6.31. The van der Waals surface area contributed by atoms with Crippen LogP contribution in [0.1, 0.15) is 42.4 Å². The van der Waals surface area contributed by atoms with Crippen molar-refractivity contribution < 1.29 is 23.8 Å². The Morgan fingerprint density at radius 2 is 1.90 bits per heavy atom. The number of aromatic nitrogens is 1. The number of hydrogen-bond acceptors (Lipinski definition) is 4. The quantitative estimate of drug-likeness (QED) is 0.607. The Morgan fingerprint density at radius 3 is 2.52 bits per heavy atom. The number of rotatable bonds is 3. The molecule has 0 aliphatic carbocycles. The lowest BCUT2D eigenvalue weighted by atomic mass is 10.1. The number of ether oxygens (including phenoxy) is 1. The number of carbonyl (C=O) groups is 2. The van der Waals surface area contributed by atoms with E-state index in [-0.39, 0.29) is 11.9 Å². The Hall–Kier alpha value is -2.86. The van der Waals surface area contributed by atoms with E-state index in [1.807, 2.05) is 0 Å². The Labute approximate surface area is 172 Å². The third-order valence-electron chi connectivity index (χ3n) is 4.42. The molecule has 0 saturated heterocycles. The molecule has 0 fully saturated rings. The van der Waals surface area contributed by atoms with Gasteiger partial charge in [-0.1, -0.05) is 17.7 Å². The first kappa shape index (κ1) is 20.9. The van der Waals surface area contributed by atoms with Gasteiger partial charge in [0.05, 0.1) is 11.9 Å². The summed E-state index contributed by atoms with van der Waals surface area (Å²) in [6.07, 6.45) is -0.125. The largest absolute Gasteiger partial charge is 0.505 e. The van der Waals surface area contributed by atoms with Gasteiger partial charge in [0.15, 0.2) is 11.6 Å². The van der Waals surface area contributed by atoms with Crippen molar-refractivity contribution in [2.24, 2.45) is 0 Å². The maximum atomic E-state index is 14.1. The molecule has 0 amide bonds. The average Bonchev–Trinajstić information content (AvgIpc) is 2.85. The highest BCUT2D eigenvalue weighted by Gasteiger charge is 2.25. The Balaban J connectivity index is 2.18. The number of benzene rings is 2. The number of phenols is 1. The van der Waals surface area contributed by atoms with E-state index in [2.05, 4.69) is 0 Å². The summed E-state index contributed by atoms with van der Waals surface area (Å²) in [6.45, 7) is 6.93. The van der Waals surface area contributed by atoms with Gasteiger partial charge in [0.1, 0.15) is 5.60 Å². The molecule has 7 heteroatoms. The van der Waals surface area contributed by atoms with Crippen molar-refractivity contribution in [3.05, 3.63) is 64.1 Å². The van der Waals surface area contributed by atoms with Gasteiger partial charge in [0.25, 0.3) is 5.91 Å². The molecule has 0 radical (unpaired) electrons. The van der Waals surface area contributed by atoms with Gasteiger partial charge in [0.2, 0.25) is 0 Å². The summed E-state index contributed by atoms with van der Waals surface area (Å²) >= 11 is 6.00. The fourth-order valence-electron chi connectivity index (χ4n) is 3.25. The maximum Gasteiger partial charge on any atom is 0.310 e. The highest BCUT2D eigenvalue weighted by atomic mass is 35.5. The van der Waals surface area contributed by atoms with Gasteiger partial charge in [-0.05, 0) is 57.5 Å². The van der Waals surface area contributed by atoms with E-state index in [1.165, 1.54) is 16.7 Å². The first-order chi connectivity index (χ1) is 13.5. The van der Waals surface area contributed by atoms with Crippen LogP contribution < -0.4 is 0 Å². The van der Waals surface area contributed by atoms with Gasteiger partial charge in [-0.25, -0.2) is 4.39 Å². The lowest BCUT2D eigenvalue weighted by molar-refractivity contribution is -0.153. The zero-order chi connectivity index (χ0) is 21.5. The van der Waals surface area contributed by atoms with E-state index in [9.17, 15) is 19.1 Å². The molecule has 1 N–H and O–H groups in total. The fraction of sp³-hybridized carbons (Fsp3) is 0.273. The topological polar surface area (TPSA) is 68.5 Å². The minimum atomic E-state index is -0.862. The number of fused-ring (bicyclic) bond motifs is 1. The minimum Gasteiger partial charge on any atom is -0.505 e. The molecule has 0 aliphatic heterocycles. The van der Waals surface area contributed by atoms with Crippen LogP contribution in [0.4, 0.5) is 4.39 Å². The van der Waals surface area contributed by atoms with E-state index in [0.717, 1.165) is 6.07 Å². The molecular formula is C22H21ClFNO4. The molecule has 0 saturated carbocycles. The second kappa shape index (κ2) is 7.52. The molecule has 0 unspecified atom stereocenters. The summed E-state index contributed by atoms with van der Waals surface area (Å²) in [6, 6.07) is 8.70. The second-order valence-corrected chi connectivity index (χ2v) is 8.24. The summed E-state index contributed by atoms with van der Waals surface area (Å²) in [4.78, 5) is 25.6. The SMILES string of the molecule is Cc1c(CC(=O)OC(C)(C)C)c2cc(O)c(F)cc2n1C(=O)c1cccc(Cl)c1. The number of nitrogens with zero attached hydrogens (tertiary/aromatic N) is 1. The number of esters is 1. The standard InChI is InChI=1S/C22H21ClFNO4/c1-12-15(10-20(27)29-22(2,3)4)16-9-19(26)17(24)11-18(16)25(12)21(28)13-6-5-7-14(23)8-13/h5-9,11,26H,10H2,1-4H3. The van der Waals surface area contributed by atoms with Crippen LogP contribution in [0.25, 0.3) is 10.9 Å². The van der Waals surface area contributed by atoms with Crippen LogP contribution in [-0.2, 0) is 16.0 Å². The summed E-state index contributed by atoms with van der Waals surface area (Å²) in [5, 5.41) is 10.6. The van der Waals surface area contributed by atoms with Gasteiger partial charge in [-0.15, -0.1) is 0 Å². The third-order valence-corrected chi connectivity index (χ3v) is 4.65. The van der Waals surface area contributed by atoms with E-state index < -0.39 is 29.0 Å². The van der Waals surface area contributed by atoms with Crippen LogP contribution in [0.15, 0.2) is 36.4 Å². The zero-order valence-electron chi connectivity index (χ0n) is 16.5. The fourth-order valence-corrected chi connectivity index (χ4v) is 3.44. The van der Waals surface area contributed by atoms with E-state index >= 15 is 0 Å². The first-order valence-electron chi connectivity index (χ1n) is 9.02. The molecule has 5 nitrogen and oxygen atoms in total. The van der Waals surface area contributed by atoms with Crippen LogP contribution in [0.5, 0.6) is 5.75 Å². The van der Waals surface area contributed by atoms with Gasteiger partial charge < -0.3 is 9.84 Å². The molecule has 152 valence electrons. The van der Waals surface area contributed by atoms with Crippen LogP contribution in [0.2, 0.25) is 5.02 Å². The molecule has 3 rings (SSSR count). The smallest absolute Gasteiger partial charge is 0.310 e. The van der Waals surface area contributed by atoms with E-state index in [4.69, 9.17) is 16.3 Å². The molecule has 3 aromatic rings. The first-order valence-corrected chi connectivity index (χ1v) is 9.40. The van der Waals surface area contributed by atoms with Gasteiger partial charge in [-0.3, -0.25) is 14.2 Å². The molecule has 1 aromatic heterocycles. The van der Waals surface area contributed by atoms with E-state index in [1.54, 1.807) is 45.9 Å². The van der Waals surface area contributed by atoms with Crippen LogP contribution in [0.3, 0.4) is 0 Å². The summed E-state index contributed by atoms with van der Waals surface area (Å²) < 4.78 is 20.8. The lowest BCUT2D eigenvalue weighted by Gasteiger charge is -2.19. The molecule has 29 heavy (non-hydrogen) atoms. The van der Waals surface area contributed by atoms with Crippen molar-refractivity contribution >= 4 is 34.4 Å². The molecule has 0 aliphatic rings. The van der Waals surface area contributed by atoms with Crippen molar-refractivity contribution in [2.45, 2.75) is 39.7 Å². The lowest BCUT2D eigenvalue weighted by Crippen LogP contribution is -2.25. The predicted molar refractivity (Wildman–Crippen MR) is 109 cm³/mol. The summed E-state index contributed by atoms with van der Waals surface area (Å²) in [5.74, 6) is -2.33. The van der Waals surface area contributed by atoms with Crippen LogP contribution in [0, 0.1) is 12.7 Å². The monoisotopic (exact) mass is 417 g/mol. The van der Waals surface area contributed by atoms with Gasteiger partial charge in [0, 0.05) is 27.7 Å². The minimum absolute atomic E-state index is 0.125. The molecular weight excluding hydrogens is 397 g/mol. The summed E-state index contributed by atoms with van der Waals surface area (Å²) in [5.41, 5.74) is 0.839. The van der Waals surface area contributed by atoms with Crippen molar-refractivity contribution in [1.82, 2.24) is 4.57 Å². The number of halogens is 2. The third kappa shape index (κ3) is 4.27. The zero-order valence-corrected chi connectivity index (χ0v) is 17.3. The Kier molecular flexibility index (Phi) is 5.41. The predicted octanol–water partition coefficient (Wildman–Crippen LogP) is 5.02. The molecule has 2 aromatic carbocycles. The normalized spacial score (nSPS) is 11.7. The van der Waals surface area contributed by atoms with Crippen molar-refractivity contribution in [2.75, 3.05) is 0 Å². The van der Waals surface area contributed by atoms with Gasteiger partial charge >= 0.3 is 5.97 Å². The number of phenolic OH excluding ortho intramolecular Hbond substituents is 1. The maximum absolute atomic E-state index is 14.1. The number of aromatic hydroxyl groups is 1. The molecule has 0 spiro atoms. The molecule has 0 atom stereocenters. The number of carbonyl (C=O) groups excluding carboxylic acids is 2. The van der Waals surface area contributed by atoms with Crippen molar-refractivity contribution in [3.63, 3.8) is 0 Å². The molecule has 1 heterocycles. The van der Waals surface area contributed by atoms with Crippen molar-refractivity contribution in [3.8, 4) is 5.75 Å². The van der Waals surface area contributed by atoms with Crippen LogP contribution in [-0.4, -0.2) is 27.2 Å². The Morgan fingerprint density at radius 1 is 1.21 bits per heavy atom. The molecule has 0 bridgehead atoms. The highest BCUT2D eigenvalue weighted by Crippen LogP contribution is 2.32. The Bertz CT molecular complexity index is 1130. The van der Waals surface area contributed by atoms with Gasteiger partial charge in [-0.2, -0.15) is 0 Å².